The molecule has 0 fully saturated rings. The van der Waals surface area contributed by atoms with E-state index >= 15 is 0 Å². The number of carboxylic acid groups (broad SMARTS) is 1. The predicted octanol–water partition coefficient (Wildman–Crippen LogP) is 1.35. The number of rotatable bonds is 3. The van der Waals surface area contributed by atoms with Gasteiger partial charge in [-0.05, 0) is 31.0 Å². The Morgan fingerprint density at radius 3 is 3.00 bits per heavy atom. The number of carbonyl (C=O) groups is 1. The van der Waals surface area contributed by atoms with Crippen LogP contribution in [-0.4, -0.2) is 22.7 Å². The van der Waals surface area contributed by atoms with Gasteiger partial charge in [-0.25, -0.2) is 0 Å². The molecule has 0 saturated carbocycles. The molecule has 1 aromatic rings. The van der Waals surface area contributed by atoms with Crippen molar-refractivity contribution < 1.29 is 14.6 Å². The van der Waals surface area contributed by atoms with Gasteiger partial charge in [-0.3, -0.25) is 4.79 Å². The lowest BCUT2D eigenvalue weighted by Crippen LogP contribution is -2.46. The molecule has 0 amide bonds. The van der Waals surface area contributed by atoms with Crippen LogP contribution < -0.4 is 10.5 Å². The van der Waals surface area contributed by atoms with E-state index in [4.69, 9.17) is 15.6 Å². The van der Waals surface area contributed by atoms with Crippen LogP contribution in [0.5, 0.6) is 5.75 Å². The maximum Gasteiger partial charge on any atom is 0.323 e. The number of nitrogens with two attached hydrogens (primary N) is 1. The molecule has 0 aliphatic carbocycles. The minimum atomic E-state index is -1.22. The van der Waals surface area contributed by atoms with Gasteiger partial charge < -0.3 is 15.6 Å². The third-order valence-electron chi connectivity index (χ3n) is 3.02. The first-order chi connectivity index (χ1) is 7.88. The van der Waals surface area contributed by atoms with Crippen LogP contribution in [0.25, 0.3) is 0 Å². The number of ether oxygens (including phenoxy) is 1. The topological polar surface area (TPSA) is 72.6 Å². The van der Waals surface area contributed by atoms with E-state index in [-0.39, 0.29) is 6.10 Å². The average molecular weight is 235 g/mol. The van der Waals surface area contributed by atoms with Gasteiger partial charge in [0.25, 0.3) is 0 Å². The summed E-state index contributed by atoms with van der Waals surface area (Å²) in [5, 5.41) is 8.99. The summed E-state index contributed by atoms with van der Waals surface area (Å²) in [6.45, 7) is 3.55. The van der Waals surface area contributed by atoms with Crippen molar-refractivity contribution in [1.29, 1.82) is 0 Å². The highest BCUT2D eigenvalue weighted by molar-refractivity contribution is 5.78. The van der Waals surface area contributed by atoms with Crippen molar-refractivity contribution in [3.63, 3.8) is 0 Å². The Labute approximate surface area is 100 Å². The Kier molecular flexibility index (Phi) is 2.83. The van der Waals surface area contributed by atoms with Gasteiger partial charge in [0.15, 0.2) is 0 Å². The van der Waals surface area contributed by atoms with Crippen LogP contribution in [0.15, 0.2) is 18.2 Å². The third-order valence-corrected chi connectivity index (χ3v) is 3.02. The minimum Gasteiger partial charge on any atom is -0.490 e. The molecule has 92 valence electrons. The Morgan fingerprint density at radius 1 is 1.65 bits per heavy atom. The number of fused-ring (bicyclic) bond motifs is 1. The summed E-state index contributed by atoms with van der Waals surface area (Å²) in [5.41, 5.74) is 6.58. The quantitative estimate of drug-likeness (QED) is 0.829. The summed E-state index contributed by atoms with van der Waals surface area (Å²) in [4.78, 5) is 11.0. The van der Waals surface area contributed by atoms with E-state index in [1.54, 1.807) is 0 Å². The first-order valence-corrected chi connectivity index (χ1v) is 5.69. The zero-order valence-corrected chi connectivity index (χ0v) is 10.1. The Balaban J connectivity index is 2.20. The fourth-order valence-corrected chi connectivity index (χ4v) is 2.08. The predicted molar refractivity (Wildman–Crippen MR) is 64.2 cm³/mol. The molecular formula is C13H17NO3. The van der Waals surface area contributed by atoms with Gasteiger partial charge in [0, 0.05) is 12.8 Å². The third kappa shape index (κ3) is 2.42. The second-order valence-electron chi connectivity index (χ2n) is 4.97. The standard InChI is InChI=1S/C13H17NO3/c1-8-5-10-6-9(3-4-11(10)17-8)7-13(2,14)12(15)16/h3-4,6,8H,5,7,14H2,1-2H3,(H,15,16)/t8-,13+/m1/s1. The molecule has 1 aliphatic rings. The van der Waals surface area contributed by atoms with Crippen molar-refractivity contribution in [3.05, 3.63) is 29.3 Å². The highest BCUT2D eigenvalue weighted by Crippen LogP contribution is 2.30. The molecule has 1 aliphatic heterocycles. The van der Waals surface area contributed by atoms with Crippen LogP contribution in [0, 0.1) is 0 Å². The molecule has 0 radical (unpaired) electrons. The van der Waals surface area contributed by atoms with Gasteiger partial charge in [-0.1, -0.05) is 12.1 Å². The lowest BCUT2D eigenvalue weighted by molar-refractivity contribution is -0.142. The van der Waals surface area contributed by atoms with E-state index in [0.29, 0.717) is 6.42 Å². The van der Waals surface area contributed by atoms with Crippen LogP contribution in [0.3, 0.4) is 0 Å². The van der Waals surface area contributed by atoms with E-state index in [9.17, 15) is 4.79 Å². The molecule has 0 unspecified atom stereocenters. The molecule has 1 heterocycles. The molecule has 0 saturated heterocycles. The molecule has 4 heteroatoms. The minimum absolute atomic E-state index is 0.198. The van der Waals surface area contributed by atoms with E-state index in [1.165, 1.54) is 6.92 Å². The number of aliphatic carboxylic acids is 1. The van der Waals surface area contributed by atoms with Gasteiger partial charge in [0.05, 0.1) is 0 Å². The summed E-state index contributed by atoms with van der Waals surface area (Å²) in [6.07, 6.45) is 1.39. The maximum atomic E-state index is 11.0. The number of hydrogen-bond acceptors (Lipinski definition) is 3. The van der Waals surface area contributed by atoms with Crippen molar-refractivity contribution in [3.8, 4) is 5.75 Å². The maximum absolute atomic E-state index is 11.0. The van der Waals surface area contributed by atoms with E-state index in [0.717, 1.165) is 23.3 Å². The van der Waals surface area contributed by atoms with Crippen LogP contribution in [-0.2, 0) is 17.6 Å². The van der Waals surface area contributed by atoms with E-state index < -0.39 is 11.5 Å². The van der Waals surface area contributed by atoms with E-state index in [2.05, 4.69) is 0 Å². The number of carboxylic acids is 1. The molecule has 2 rings (SSSR count). The molecule has 4 nitrogen and oxygen atoms in total. The molecular weight excluding hydrogens is 218 g/mol. The highest BCUT2D eigenvalue weighted by atomic mass is 16.5. The summed E-state index contributed by atoms with van der Waals surface area (Å²) in [5.74, 6) is -0.0853. The molecule has 0 bridgehead atoms. The van der Waals surface area contributed by atoms with Gasteiger partial charge in [0.2, 0.25) is 0 Å². The fourth-order valence-electron chi connectivity index (χ4n) is 2.08. The van der Waals surface area contributed by atoms with Crippen LogP contribution in [0.2, 0.25) is 0 Å². The monoisotopic (exact) mass is 235 g/mol. The Hall–Kier alpha value is -1.55. The highest BCUT2D eigenvalue weighted by Gasteiger charge is 2.29. The summed E-state index contributed by atoms with van der Waals surface area (Å²) < 4.78 is 5.59. The molecule has 0 spiro atoms. The van der Waals surface area contributed by atoms with Crippen molar-refractivity contribution in [1.82, 2.24) is 0 Å². The lowest BCUT2D eigenvalue weighted by atomic mass is 9.93. The fraction of sp³-hybridized carbons (Fsp3) is 0.462. The van der Waals surface area contributed by atoms with Crippen molar-refractivity contribution in [2.75, 3.05) is 0 Å². The Bertz CT molecular complexity index is 454. The van der Waals surface area contributed by atoms with Crippen molar-refractivity contribution in [2.45, 2.75) is 38.3 Å². The summed E-state index contributed by atoms with van der Waals surface area (Å²) in [7, 11) is 0. The zero-order valence-electron chi connectivity index (χ0n) is 10.1. The summed E-state index contributed by atoms with van der Waals surface area (Å²) in [6, 6.07) is 5.77. The van der Waals surface area contributed by atoms with Crippen LogP contribution in [0.1, 0.15) is 25.0 Å². The zero-order chi connectivity index (χ0) is 12.6. The van der Waals surface area contributed by atoms with Gasteiger partial charge in [-0.15, -0.1) is 0 Å². The molecule has 2 atom stereocenters. The molecule has 3 N–H and O–H groups in total. The molecule has 0 aromatic heterocycles. The van der Waals surface area contributed by atoms with Gasteiger partial charge >= 0.3 is 5.97 Å². The normalized spacial score (nSPS) is 21.5. The lowest BCUT2D eigenvalue weighted by Gasteiger charge is -2.19. The summed E-state index contributed by atoms with van der Waals surface area (Å²) >= 11 is 0. The second-order valence-corrected chi connectivity index (χ2v) is 4.97. The number of benzene rings is 1. The van der Waals surface area contributed by atoms with Crippen LogP contribution in [0.4, 0.5) is 0 Å². The molecule has 1 aromatic carbocycles. The first kappa shape index (κ1) is 11.9. The average Bonchev–Trinajstić information content (AvgIpc) is 2.56. The first-order valence-electron chi connectivity index (χ1n) is 5.69. The Morgan fingerprint density at radius 2 is 2.35 bits per heavy atom. The van der Waals surface area contributed by atoms with Crippen LogP contribution >= 0.6 is 0 Å². The largest absolute Gasteiger partial charge is 0.490 e. The van der Waals surface area contributed by atoms with E-state index in [1.807, 2.05) is 25.1 Å². The SMILES string of the molecule is C[C@@H]1Cc2cc(C[C@](C)(N)C(=O)O)ccc2O1. The number of hydrogen-bond donors (Lipinski definition) is 2. The smallest absolute Gasteiger partial charge is 0.323 e. The second kappa shape index (κ2) is 4.04. The molecule has 17 heavy (non-hydrogen) atoms. The van der Waals surface area contributed by atoms with Crippen molar-refractivity contribution in [2.24, 2.45) is 5.73 Å². The van der Waals surface area contributed by atoms with Crippen molar-refractivity contribution >= 4 is 5.97 Å². The van der Waals surface area contributed by atoms with Gasteiger partial charge in [-0.2, -0.15) is 0 Å². The van der Waals surface area contributed by atoms with Gasteiger partial charge in [0.1, 0.15) is 17.4 Å².